The second-order valence-corrected chi connectivity index (χ2v) is 7.89. The number of nitrogens with zero attached hydrogens (tertiary/aromatic N) is 1. The van der Waals surface area contributed by atoms with Gasteiger partial charge in [-0.15, -0.1) is 11.3 Å². The molecule has 1 saturated heterocycles. The summed E-state index contributed by atoms with van der Waals surface area (Å²) < 4.78 is 5.31. The number of aryl methyl sites for hydroxylation is 1. The van der Waals surface area contributed by atoms with E-state index in [2.05, 4.69) is 33.0 Å². The monoisotopic (exact) mass is 373 g/mol. The summed E-state index contributed by atoms with van der Waals surface area (Å²) >= 11 is 1.81. The number of urea groups is 1. The SMILES string of the molecule is COc1ccc(C)cc1NC(=O)NC[C@@H]1CCCN(Cc2cccs2)C1. The molecule has 1 fully saturated rings. The Labute approximate surface area is 159 Å². The first-order valence-corrected chi connectivity index (χ1v) is 9.96. The molecule has 2 N–H and O–H groups in total. The number of hydrogen-bond acceptors (Lipinski definition) is 4. The summed E-state index contributed by atoms with van der Waals surface area (Å²) in [5.74, 6) is 1.17. The molecule has 0 bridgehead atoms. The van der Waals surface area contributed by atoms with Crippen LogP contribution in [0.3, 0.4) is 0 Å². The Morgan fingerprint density at radius 3 is 3.04 bits per heavy atom. The second kappa shape index (κ2) is 9.05. The van der Waals surface area contributed by atoms with Crippen LogP contribution < -0.4 is 15.4 Å². The first-order valence-electron chi connectivity index (χ1n) is 9.08. The number of ether oxygens (including phenoxy) is 1. The van der Waals surface area contributed by atoms with Crippen LogP contribution in [0, 0.1) is 12.8 Å². The van der Waals surface area contributed by atoms with E-state index in [0.717, 1.165) is 31.6 Å². The third-order valence-electron chi connectivity index (χ3n) is 4.72. The summed E-state index contributed by atoms with van der Waals surface area (Å²) in [5.41, 5.74) is 1.78. The normalized spacial score (nSPS) is 17.7. The van der Waals surface area contributed by atoms with Crippen LogP contribution in [-0.2, 0) is 6.54 Å². The number of thiophene rings is 1. The Hall–Kier alpha value is -2.05. The lowest BCUT2D eigenvalue weighted by molar-refractivity contribution is 0.167. The highest BCUT2D eigenvalue weighted by Gasteiger charge is 2.21. The van der Waals surface area contributed by atoms with Crippen LogP contribution in [0.1, 0.15) is 23.3 Å². The highest BCUT2D eigenvalue weighted by atomic mass is 32.1. The van der Waals surface area contributed by atoms with Crippen LogP contribution in [0.15, 0.2) is 35.7 Å². The smallest absolute Gasteiger partial charge is 0.319 e. The molecule has 26 heavy (non-hydrogen) atoms. The fraction of sp³-hybridized carbons (Fsp3) is 0.450. The fourth-order valence-corrected chi connectivity index (χ4v) is 4.15. The van der Waals surface area contributed by atoms with E-state index in [0.29, 0.717) is 23.9 Å². The minimum atomic E-state index is -0.177. The number of likely N-dealkylation sites (tertiary alicyclic amines) is 1. The maximum Gasteiger partial charge on any atom is 0.319 e. The van der Waals surface area contributed by atoms with Gasteiger partial charge in [-0.3, -0.25) is 4.90 Å². The number of hydrogen-bond donors (Lipinski definition) is 2. The van der Waals surface area contributed by atoms with Crippen molar-refractivity contribution in [3.63, 3.8) is 0 Å². The van der Waals surface area contributed by atoms with Gasteiger partial charge in [0.1, 0.15) is 5.75 Å². The van der Waals surface area contributed by atoms with Gasteiger partial charge in [0.25, 0.3) is 0 Å². The van der Waals surface area contributed by atoms with Crippen molar-refractivity contribution in [2.75, 3.05) is 32.1 Å². The topological polar surface area (TPSA) is 53.6 Å². The molecular formula is C20H27N3O2S. The van der Waals surface area contributed by atoms with E-state index in [4.69, 9.17) is 4.74 Å². The standard InChI is InChI=1S/C20H27N3O2S/c1-15-7-8-19(25-2)18(11-15)22-20(24)21-12-16-5-3-9-23(13-16)14-17-6-4-10-26-17/h4,6-8,10-11,16H,3,5,9,12-14H2,1-2H3,(H2,21,22,24)/t16-/m0/s1. The zero-order valence-electron chi connectivity index (χ0n) is 15.5. The number of piperidine rings is 1. The summed E-state index contributed by atoms with van der Waals surface area (Å²) in [6, 6.07) is 9.87. The molecule has 140 valence electrons. The van der Waals surface area contributed by atoms with Gasteiger partial charge in [0.05, 0.1) is 12.8 Å². The summed E-state index contributed by atoms with van der Waals surface area (Å²) in [7, 11) is 1.61. The largest absolute Gasteiger partial charge is 0.495 e. The predicted molar refractivity (Wildman–Crippen MR) is 107 cm³/mol. The van der Waals surface area contributed by atoms with Crippen molar-refractivity contribution >= 4 is 23.1 Å². The van der Waals surface area contributed by atoms with Crippen molar-refractivity contribution in [1.82, 2.24) is 10.2 Å². The van der Waals surface area contributed by atoms with Gasteiger partial charge in [-0.05, 0) is 61.4 Å². The van der Waals surface area contributed by atoms with Crippen molar-refractivity contribution in [3.05, 3.63) is 46.2 Å². The van der Waals surface area contributed by atoms with Gasteiger partial charge in [-0.1, -0.05) is 12.1 Å². The zero-order chi connectivity index (χ0) is 18.4. The van der Waals surface area contributed by atoms with E-state index >= 15 is 0 Å². The summed E-state index contributed by atoms with van der Waals surface area (Å²) in [5, 5.41) is 8.05. The highest BCUT2D eigenvalue weighted by Crippen LogP contribution is 2.25. The van der Waals surface area contributed by atoms with Crippen LogP contribution in [0.5, 0.6) is 5.75 Å². The van der Waals surface area contributed by atoms with Crippen LogP contribution in [0.2, 0.25) is 0 Å². The number of amides is 2. The van der Waals surface area contributed by atoms with Crippen LogP contribution in [0.25, 0.3) is 0 Å². The molecule has 5 nitrogen and oxygen atoms in total. The lowest BCUT2D eigenvalue weighted by Gasteiger charge is -2.32. The van der Waals surface area contributed by atoms with Gasteiger partial charge in [0.15, 0.2) is 0 Å². The fourth-order valence-electron chi connectivity index (χ4n) is 3.41. The number of benzene rings is 1. The van der Waals surface area contributed by atoms with E-state index in [9.17, 15) is 4.79 Å². The van der Waals surface area contributed by atoms with E-state index in [1.54, 1.807) is 7.11 Å². The molecule has 0 saturated carbocycles. The van der Waals surface area contributed by atoms with Gasteiger partial charge < -0.3 is 15.4 Å². The maximum absolute atomic E-state index is 12.3. The molecule has 2 heterocycles. The van der Waals surface area contributed by atoms with Crippen molar-refractivity contribution in [2.24, 2.45) is 5.92 Å². The minimum absolute atomic E-state index is 0.177. The Kier molecular flexibility index (Phi) is 6.52. The lowest BCUT2D eigenvalue weighted by Crippen LogP contribution is -2.41. The summed E-state index contributed by atoms with van der Waals surface area (Å²) in [6.45, 7) is 5.88. The van der Waals surface area contributed by atoms with E-state index < -0.39 is 0 Å². The number of carbonyl (C=O) groups excluding carboxylic acids is 1. The third kappa shape index (κ3) is 5.22. The Morgan fingerprint density at radius 2 is 2.27 bits per heavy atom. The molecule has 0 unspecified atom stereocenters. The molecule has 3 rings (SSSR count). The number of rotatable bonds is 6. The van der Waals surface area contributed by atoms with Gasteiger partial charge in [0, 0.05) is 24.5 Å². The molecule has 0 aliphatic carbocycles. The molecule has 1 aromatic carbocycles. The van der Waals surface area contributed by atoms with Crippen molar-refractivity contribution in [1.29, 1.82) is 0 Å². The average Bonchev–Trinajstić information content (AvgIpc) is 3.13. The Balaban J connectivity index is 1.47. The minimum Gasteiger partial charge on any atom is -0.495 e. The predicted octanol–water partition coefficient (Wildman–Crippen LogP) is 4.10. The second-order valence-electron chi connectivity index (χ2n) is 6.86. The number of nitrogens with one attached hydrogen (secondary N) is 2. The van der Waals surface area contributed by atoms with Gasteiger partial charge >= 0.3 is 6.03 Å². The van der Waals surface area contributed by atoms with Crippen LogP contribution in [0.4, 0.5) is 10.5 Å². The Morgan fingerprint density at radius 1 is 1.38 bits per heavy atom. The summed E-state index contributed by atoms with van der Waals surface area (Å²) in [6.07, 6.45) is 2.35. The number of carbonyl (C=O) groups is 1. The third-order valence-corrected chi connectivity index (χ3v) is 5.58. The molecular weight excluding hydrogens is 346 g/mol. The van der Waals surface area contributed by atoms with Crippen molar-refractivity contribution in [3.8, 4) is 5.75 Å². The van der Waals surface area contributed by atoms with Crippen molar-refractivity contribution in [2.45, 2.75) is 26.3 Å². The first-order chi connectivity index (χ1) is 12.6. The molecule has 2 amide bonds. The highest BCUT2D eigenvalue weighted by molar-refractivity contribution is 7.09. The average molecular weight is 374 g/mol. The van der Waals surface area contributed by atoms with E-state index in [-0.39, 0.29) is 6.03 Å². The maximum atomic E-state index is 12.3. The lowest BCUT2D eigenvalue weighted by atomic mass is 9.98. The van der Waals surface area contributed by atoms with E-state index in [1.807, 2.05) is 36.5 Å². The quantitative estimate of drug-likeness (QED) is 0.802. The molecule has 0 radical (unpaired) electrons. The van der Waals surface area contributed by atoms with Crippen molar-refractivity contribution < 1.29 is 9.53 Å². The van der Waals surface area contributed by atoms with Gasteiger partial charge in [-0.25, -0.2) is 4.79 Å². The number of anilines is 1. The molecule has 2 aromatic rings. The molecule has 1 aromatic heterocycles. The van der Waals surface area contributed by atoms with Crippen LogP contribution >= 0.6 is 11.3 Å². The molecule has 1 aliphatic rings. The molecule has 6 heteroatoms. The van der Waals surface area contributed by atoms with Gasteiger partial charge in [0.2, 0.25) is 0 Å². The van der Waals surface area contributed by atoms with E-state index in [1.165, 1.54) is 11.3 Å². The number of methoxy groups -OCH3 is 1. The van der Waals surface area contributed by atoms with Crippen LogP contribution in [-0.4, -0.2) is 37.7 Å². The molecule has 1 atom stereocenters. The molecule has 1 aliphatic heterocycles. The Bertz CT molecular complexity index is 718. The van der Waals surface area contributed by atoms with Gasteiger partial charge in [-0.2, -0.15) is 0 Å². The zero-order valence-corrected chi connectivity index (χ0v) is 16.3. The molecule has 0 spiro atoms. The first kappa shape index (κ1) is 18.7. The summed E-state index contributed by atoms with van der Waals surface area (Å²) in [4.78, 5) is 16.2.